The van der Waals surface area contributed by atoms with E-state index in [9.17, 15) is 18.0 Å². The van der Waals surface area contributed by atoms with Gasteiger partial charge in [-0.25, -0.2) is 0 Å². The van der Waals surface area contributed by atoms with Crippen LogP contribution < -0.4 is 0 Å². The van der Waals surface area contributed by atoms with Crippen molar-refractivity contribution in [2.45, 2.75) is 71.3 Å². The number of likely N-dealkylation sites (tertiary alicyclic amines) is 1. The number of hydrogen-bond donors (Lipinski definition) is 0. The van der Waals surface area contributed by atoms with Crippen molar-refractivity contribution in [2.24, 2.45) is 0 Å². The largest absolute Gasteiger partial charge is 0.522 e. The van der Waals surface area contributed by atoms with Gasteiger partial charge in [-0.1, -0.05) is 6.92 Å². The normalized spacial score (nSPS) is 19.1. The maximum Gasteiger partial charge on any atom is 0.522 e. The Kier molecular flexibility index (Phi) is 7.98. The molecule has 3 rings (SSSR count). The molecule has 0 spiro atoms. The molecule has 1 fully saturated rings. The summed E-state index contributed by atoms with van der Waals surface area (Å²) < 4.78 is 42.9. The van der Waals surface area contributed by atoms with Crippen LogP contribution in [0.5, 0.6) is 0 Å². The fourth-order valence-corrected chi connectivity index (χ4v) is 4.72. The van der Waals surface area contributed by atoms with Crippen LogP contribution in [0.15, 0.2) is 30.3 Å². The van der Waals surface area contributed by atoms with E-state index >= 15 is 0 Å². The summed E-state index contributed by atoms with van der Waals surface area (Å²) in [6, 6.07) is 11.5. The average molecular weight is 462 g/mol. The zero-order chi connectivity index (χ0) is 24.2. The Balaban J connectivity index is 1.88. The number of nitriles is 1. The molecule has 2 heterocycles. The fourth-order valence-electron chi connectivity index (χ4n) is 4.72. The number of benzene rings is 1. The Morgan fingerprint density at radius 1 is 1.24 bits per heavy atom. The molecule has 1 aliphatic rings. The summed E-state index contributed by atoms with van der Waals surface area (Å²) in [7, 11) is 0. The molecule has 0 N–H and O–H groups in total. The number of nitrogens with zero attached hydrogens (tertiary/aromatic N) is 3. The summed E-state index contributed by atoms with van der Waals surface area (Å²) in [5, 5.41) is 9.08. The summed E-state index contributed by atoms with van der Waals surface area (Å²) in [6.07, 6.45) is -1.03. The predicted molar refractivity (Wildman–Crippen MR) is 119 cm³/mol. The number of ether oxygens (including phenoxy) is 1. The lowest BCUT2D eigenvalue weighted by Crippen LogP contribution is -2.38. The maximum atomic E-state index is 13.3. The van der Waals surface area contributed by atoms with Crippen LogP contribution in [0.2, 0.25) is 0 Å². The number of carbonyl (C=O) groups excluding carboxylic acids is 1. The molecule has 0 bridgehead atoms. The number of halogens is 3. The van der Waals surface area contributed by atoms with Gasteiger partial charge in [-0.15, -0.1) is 13.2 Å². The molecule has 178 valence electrons. The van der Waals surface area contributed by atoms with Crippen LogP contribution in [-0.4, -0.2) is 46.8 Å². The van der Waals surface area contributed by atoms with Gasteiger partial charge in [-0.05, 0) is 76.3 Å². The molecule has 5 nitrogen and oxygen atoms in total. The minimum atomic E-state index is -4.66. The highest BCUT2D eigenvalue weighted by atomic mass is 19.4. The van der Waals surface area contributed by atoms with E-state index in [0.29, 0.717) is 36.2 Å². The zero-order valence-corrected chi connectivity index (χ0v) is 19.3. The Bertz CT molecular complexity index is 1010. The Morgan fingerprint density at radius 2 is 1.94 bits per heavy atom. The van der Waals surface area contributed by atoms with Crippen LogP contribution in [0, 0.1) is 18.3 Å². The van der Waals surface area contributed by atoms with Crippen LogP contribution in [-0.2, 0) is 11.2 Å². The number of rotatable bonds is 9. The van der Waals surface area contributed by atoms with Gasteiger partial charge < -0.3 is 4.57 Å². The number of aromatic nitrogens is 1. The average Bonchev–Trinajstić information content (AvgIpc) is 3.30. The van der Waals surface area contributed by atoms with E-state index < -0.39 is 13.0 Å². The second-order valence-electron chi connectivity index (χ2n) is 8.61. The van der Waals surface area contributed by atoms with E-state index in [4.69, 9.17) is 5.26 Å². The van der Waals surface area contributed by atoms with Crippen molar-refractivity contribution in [3.8, 4) is 11.8 Å². The van der Waals surface area contributed by atoms with Crippen molar-refractivity contribution in [3.05, 3.63) is 52.8 Å². The van der Waals surface area contributed by atoms with Crippen molar-refractivity contribution in [2.75, 3.05) is 13.2 Å². The smallest absolute Gasteiger partial charge is 0.317 e. The Morgan fingerprint density at radius 3 is 2.55 bits per heavy atom. The second kappa shape index (κ2) is 10.5. The van der Waals surface area contributed by atoms with Crippen molar-refractivity contribution >= 4 is 5.78 Å². The van der Waals surface area contributed by atoms with Crippen LogP contribution in [0.25, 0.3) is 5.69 Å². The lowest BCUT2D eigenvalue weighted by molar-refractivity contribution is -0.324. The van der Waals surface area contributed by atoms with Crippen molar-refractivity contribution in [1.82, 2.24) is 9.47 Å². The molecule has 1 aliphatic heterocycles. The highest BCUT2D eigenvalue weighted by molar-refractivity contribution is 5.99. The zero-order valence-electron chi connectivity index (χ0n) is 19.3. The SMILES string of the molecule is CCC1CCC(C)N1CC(=O)c1cc(CCCOC(F)(F)F)n(-c2ccc(C#N)cc2)c1C. The first-order valence-corrected chi connectivity index (χ1v) is 11.4. The van der Waals surface area contributed by atoms with Crippen LogP contribution >= 0.6 is 0 Å². The predicted octanol–water partition coefficient (Wildman–Crippen LogP) is 5.57. The Labute approximate surface area is 192 Å². The van der Waals surface area contributed by atoms with Gasteiger partial charge in [-0.3, -0.25) is 14.4 Å². The summed E-state index contributed by atoms with van der Waals surface area (Å²) in [6.45, 7) is 6.01. The maximum absolute atomic E-state index is 13.3. The van der Waals surface area contributed by atoms with Gasteiger partial charge in [0.15, 0.2) is 5.78 Å². The molecular weight excluding hydrogens is 431 g/mol. The lowest BCUT2D eigenvalue weighted by Gasteiger charge is -2.26. The Hall–Kier alpha value is -2.63. The van der Waals surface area contributed by atoms with Gasteiger partial charge in [0, 0.05) is 34.7 Å². The topological polar surface area (TPSA) is 58.3 Å². The highest BCUT2D eigenvalue weighted by Gasteiger charge is 2.32. The van der Waals surface area contributed by atoms with E-state index in [0.717, 1.165) is 36.3 Å². The molecule has 1 saturated heterocycles. The highest BCUT2D eigenvalue weighted by Crippen LogP contribution is 2.28. The number of alkyl halides is 3. The summed E-state index contributed by atoms with van der Waals surface area (Å²) in [5.41, 5.74) is 3.34. The van der Waals surface area contributed by atoms with Gasteiger partial charge in [0.25, 0.3) is 0 Å². The fraction of sp³-hybridized carbons (Fsp3) is 0.520. The number of ketones is 1. The van der Waals surface area contributed by atoms with Crippen LogP contribution in [0.4, 0.5) is 13.2 Å². The number of carbonyl (C=O) groups is 1. The third kappa shape index (κ3) is 6.04. The molecule has 2 atom stereocenters. The molecule has 1 aromatic heterocycles. The molecular formula is C25H30F3N3O2. The molecule has 2 aromatic rings. The quantitative estimate of drug-likeness (QED) is 0.362. The van der Waals surface area contributed by atoms with E-state index in [1.54, 1.807) is 30.3 Å². The van der Waals surface area contributed by atoms with Crippen molar-refractivity contribution in [1.29, 1.82) is 5.26 Å². The van der Waals surface area contributed by atoms with Gasteiger partial charge >= 0.3 is 6.36 Å². The van der Waals surface area contributed by atoms with Gasteiger partial charge in [0.05, 0.1) is 24.8 Å². The second-order valence-corrected chi connectivity index (χ2v) is 8.61. The first-order valence-electron chi connectivity index (χ1n) is 11.4. The standard InChI is InChI=1S/C25H30F3N3O2/c1-4-20-10-7-17(2)30(20)16-24(32)23-14-22(6-5-13-33-25(26,27)28)31(18(23)3)21-11-8-19(15-29)9-12-21/h8-9,11-12,14,17,20H,4-7,10,13,16H2,1-3H3. The first-order chi connectivity index (χ1) is 15.6. The summed E-state index contributed by atoms with van der Waals surface area (Å²) in [5.74, 6) is 0.0138. The van der Waals surface area contributed by atoms with Gasteiger partial charge in [0.1, 0.15) is 0 Å². The van der Waals surface area contributed by atoms with Gasteiger partial charge in [-0.2, -0.15) is 5.26 Å². The molecule has 33 heavy (non-hydrogen) atoms. The number of Topliss-reactive ketones (excluding diaryl/α,β-unsaturated/α-hetero) is 1. The monoisotopic (exact) mass is 461 g/mol. The molecule has 0 aliphatic carbocycles. The minimum Gasteiger partial charge on any atom is -0.317 e. The number of aryl methyl sites for hydroxylation is 1. The molecule has 0 radical (unpaired) electrons. The minimum absolute atomic E-state index is 0.0138. The van der Waals surface area contributed by atoms with E-state index in [1.165, 1.54) is 0 Å². The van der Waals surface area contributed by atoms with Crippen molar-refractivity contribution < 1.29 is 22.7 Å². The molecule has 2 unspecified atom stereocenters. The lowest BCUT2D eigenvalue weighted by atomic mass is 10.1. The van der Waals surface area contributed by atoms with Gasteiger partial charge in [0.2, 0.25) is 0 Å². The third-order valence-corrected chi connectivity index (χ3v) is 6.47. The first kappa shape index (κ1) is 25.0. The molecule has 0 saturated carbocycles. The third-order valence-electron chi connectivity index (χ3n) is 6.47. The van der Waals surface area contributed by atoms with Crippen LogP contribution in [0.1, 0.15) is 66.8 Å². The van der Waals surface area contributed by atoms with Crippen LogP contribution in [0.3, 0.4) is 0 Å². The summed E-state index contributed by atoms with van der Waals surface area (Å²) >= 11 is 0. The van der Waals surface area contributed by atoms with E-state index in [2.05, 4.69) is 29.6 Å². The molecule has 8 heteroatoms. The molecule has 0 amide bonds. The molecule has 1 aromatic carbocycles. The van der Waals surface area contributed by atoms with E-state index in [-0.39, 0.29) is 12.2 Å². The van der Waals surface area contributed by atoms with Crippen molar-refractivity contribution in [3.63, 3.8) is 0 Å². The number of hydrogen-bond acceptors (Lipinski definition) is 4. The summed E-state index contributed by atoms with van der Waals surface area (Å²) in [4.78, 5) is 15.6. The van der Waals surface area contributed by atoms with E-state index in [1.807, 2.05) is 11.5 Å².